The van der Waals surface area contributed by atoms with E-state index in [1.807, 2.05) is 0 Å². The number of para-hydroxylation sites is 1. The van der Waals surface area contributed by atoms with Crippen molar-refractivity contribution in [1.29, 1.82) is 0 Å². The molecule has 0 saturated heterocycles. The van der Waals surface area contributed by atoms with Crippen molar-refractivity contribution in [2.45, 2.75) is 13.0 Å². The van der Waals surface area contributed by atoms with Crippen LogP contribution in [-0.4, -0.2) is 30.3 Å². The molecule has 1 aromatic carbocycles. The summed E-state index contributed by atoms with van der Waals surface area (Å²) in [6, 6.07) is 6.65. The van der Waals surface area contributed by atoms with Gasteiger partial charge in [0.15, 0.2) is 6.61 Å². The van der Waals surface area contributed by atoms with Gasteiger partial charge < -0.3 is 15.2 Å². The lowest BCUT2D eigenvalue weighted by Gasteiger charge is -2.11. The summed E-state index contributed by atoms with van der Waals surface area (Å²) in [7, 11) is 0. The predicted molar refractivity (Wildman–Crippen MR) is 61.6 cm³/mol. The first-order chi connectivity index (χ1) is 7.63. The Balaban J connectivity index is 2.40. The van der Waals surface area contributed by atoms with E-state index >= 15 is 0 Å². The normalized spacial score (nSPS) is 11.9. The number of amides is 1. The second kappa shape index (κ2) is 6.35. The second-order valence-corrected chi connectivity index (χ2v) is 3.78. The molecule has 88 valence electrons. The summed E-state index contributed by atoms with van der Waals surface area (Å²) in [5.41, 5.74) is 0. The molecule has 0 bridgehead atoms. The molecule has 0 heterocycles. The fourth-order valence-corrected chi connectivity index (χ4v) is 1.26. The van der Waals surface area contributed by atoms with Crippen molar-refractivity contribution in [1.82, 2.24) is 5.32 Å². The molecule has 4 nitrogen and oxygen atoms in total. The van der Waals surface area contributed by atoms with Crippen LogP contribution in [-0.2, 0) is 4.79 Å². The maximum Gasteiger partial charge on any atom is 0.258 e. The fourth-order valence-electron chi connectivity index (χ4n) is 1.07. The Hall–Kier alpha value is -1.26. The van der Waals surface area contributed by atoms with Gasteiger partial charge in [-0.05, 0) is 19.1 Å². The number of nitrogens with one attached hydrogen (secondary N) is 1. The van der Waals surface area contributed by atoms with Gasteiger partial charge in [0.1, 0.15) is 5.75 Å². The van der Waals surface area contributed by atoms with E-state index in [-0.39, 0.29) is 25.2 Å². The largest absolute Gasteiger partial charge is 0.482 e. The zero-order chi connectivity index (χ0) is 12.0. The molecule has 0 aliphatic carbocycles. The van der Waals surface area contributed by atoms with Gasteiger partial charge in [-0.3, -0.25) is 4.79 Å². The topological polar surface area (TPSA) is 58.6 Å². The summed E-state index contributed by atoms with van der Waals surface area (Å²) < 4.78 is 5.22. The first-order valence-electron chi connectivity index (χ1n) is 4.91. The fraction of sp³-hybridized carbons (Fsp3) is 0.364. The van der Waals surface area contributed by atoms with Crippen molar-refractivity contribution in [2.24, 2.45) is 0 Å². The second-order valence-electron chi connectivity index (χ2n) is 3.37. The minimum Gasteiger partial charge on any atom is -0.482 e. The third-order valence-electron chi connectivity index (χ3n) is 1.88. The molecule has 0 radical (unpaired) electrons. The smallest absolute Gasteiger partial charge is 0.258 e. The van der Waals surface area contributed by atoms with E-state index in [0.717, 1.165) is 0 Å². The predicted octanol–water partition coefficient (Wildman–Crippen LogP) is 1.22. The highest BCUT2D eigenvalue weighted by molar-refractivity contribution is 6.32. The molecule has 16 heavy (non-hydrogen) atoms. The minimum atomic E-state index is -0.290. The maximum atomic E-state index is 11.3. The van der Waals surface area contributed by atoms with Gasteiger partial charge in [-0.2, -0.15) is 0 Å². The average molecular weight is 244 g/mol. The Morgan fingerprint density at radius 1 is 1.56 bits per heavy atom. The Labute approximate surface area is 99.2 Å². The average Bonchev–Trinajstić information content (AvgIpc) is 2.28. The number of carbonyl (C=O) groups is 1. The third kappa shape index (κ3) is 4.08. The molecule has 2 N–H and O–H groups in total. The number of ether oxygens (including phenoxy) is 1. The lowest BCUT2D eigenvalue weighted by Crippen LogP contribution is -2.38. The SMILES string of the molecule is CC(CO)NC(=O)COc1ccccc1Cl. The first-order valence-corrected chi connectivity index (χ1v) is 5.29. The molecule has 1 unspecified atom stereocenters. The summed E-state index contributed by atoms with van der Waals surface area (Å²) >= 11 is 5.84. The van der Waals surface area contributed by atoms with Crippen LogP contribution >= 0.6 is 11.6 Å². The zero-order valence-corrected chi connectivity index (χ0v) is 9.70. The molecule has 1 atom stereocenters. The van der Waals surface area contributed by atoms with Crippen LogP contribution in [0.15, 0.2) is 24.3 Å². The van der Waals surface area contributed by atoms with Gasteiger partial charge in [0.2, 0.25) is 0 Å². The molecule has 0 aliphatic rings. The zero-order valence-electron chi connectivity index (χ0n) is 8.94. The number of carbonyl (C=O) groups excluding carboxylic acids is 1. The van der Waals surface area contributed by atoms with E-state index in [1.54, 1.807) is 31.2 Å². The summed E-state index contributed by atoms with van der Waals surface area (Å²) in [6.07, 6.45) is 0. The van der Waals surface area contributed by atoms with Crippen LogP contribution in [0.25, 0.3) is 0 Å². The van der Waals surface area contributed by atoms with E-state index in [1.165, 1.54) is 0 Å². The number of hydrogen-bond acceptors (Lipinski definition) is 3. The monoisotopic (exact) mass is 243 g/mol. The van der Waals surface area contributed by atoms with Crippen LogP contribution in [0.1, 0.15) is 6.92 Å². The lowest BCUT2D eigenvalue weighted by atomic mass is 10.3. The molecular formula is C11H14ClNO3. The van der Waals surface area contributed by atoms with E-state index in [0.29, 0.717) is 10.8 Å². The highest BCUT2D eigenvalue weighted by Crippen LogP contribution is 2.22. The van der Waals surface area contributed by atoms with Gasteiger partial charge >= 0.3 is 0 Å². The Kier molecular flexibility index (Phi) is 5.08. The maximum absolute atomic E-state index is 11.3. The molecule has 0 saturated carbocycles. The van der Waals surface area contributed by atoms with Gasteiger partial charge in [0.25, 0.3) is 5.91 Å². The lowest BCUT2D eigenvalue weighted by molar-refractivity contribution is -0.123. The number of aliphatic hydroxyl groups excluding tert-OH is 1. The van der Waals surface area contributed by atoms with Crippen LogP contribution in [0.2, 0.25) is 5.02 Å². The highest BCUT2D eigenvalue weighted by atomic mass is 35.5. The van der Waals surface area contributed by atoms with Crippen molar-refractivity contribution in [2.75, 3.05) is 13.2 Å². The van der Waals surface area contributed by atoms with Crippen LogP contribution < -0.4 is 10.1 Å². The van der Waals surface area contributed by atoms with Crippen LogP contribution in [0, 0.1) is 0 Å². The van der Waals surface area contributed by atoms with E-state index in [9.17, 15) is 4.79 Å². The van der Waals surface area contributed by atoms with E-state index in [4.69, 9.17) is 21.4 Å². The van der Waals surface area contributed by atoms with Crippen molar-refractivity contribution in [3.05, 3.63) is 29.3 Å². The molecule has 1 rings (SSSR count). The third-order valence-corrected chi connectivity index (χ3v) is 2.19. The Morgan fingerprint density at radius 2 is 2.25 bits per heavy atom. The van der Waals surface area contributed by atoms with Crippen molar-refractivity contribution >= 4 is 17.5 Å². The summed E-state index contributed by atoms with van der Waals surface area (Å²) in [5, 5.41) is 11.8. The summed E-state index contributed by atoms with van der Waals surface area (Å²) in [4.78, 5) is 11.3. The molecule has 0 aromatic heterocycles. The molecule has 0 aliphatic heterocycles. The molecule has 0 fully saturated rings. The number of rotatable bonds is 5. The van der Waals surface area contributed by atoms with Crippen molar-refractivity contribution in [3.63, 3.8) is 0 Å². The highest BCUT2D eigenvalue weighted by Gasteiger charge is 2.07. The number of benzene rings is 1. The summed E-state index contributed by atoms with van der Waals surface area (Å²) in [6.45, 7) is 1.49. The number of aliphatic hydroxyl groups is 1. The molecule has 5 heteroatoms. The van der Waals surface area contributed by atoms with Crippen LogP contribution in [0.5, 0.6) is 5.75 Å². The van der Waals surface area contributed by atoms with Crippen molar-refractivity contribution in [3.8, 4) is 5.75 Å². The summed E-state index contributed by atoms with van der Waals surface area (Å²) in [5.74, 6) is 0.178. The first kappa shape index (κ1) is 12.8. The van der Waals surface area contributed by atoms with Crippen LogP contribution in [0.4, 0.5) is 0 Å². The van der Waals surface area contributed by atoms with E-state index in [2.05, 4.69) is 5.32 Å². The Morgan fingerprint density at radius 3 is 2.88 bits per heavy atom. The van der Waals surface area contributed by atoms with Gasteiger partial charge in [0.05, 0.1) is 11.6 Å². The minimum absolute atomic E-state index is 0.0994. The van der Waals surface area contributed by atoms with Gasteiger partial charge in [0, 0.05) is 6.04 Å². The van der Waals surface area contributed by atoms with Gasteiger partial charge in [-0.15, -0.1) is 0 Å². The van der Waals surface area contributed by atoms with Gasteiger partial charge in [-0.1, -0.05) is 23.7 Å². The van der Waals surface area contributed by atoms with Crippen LogP contribution in [0.3, 0.4) is 0 Å². The van der Waals surface area contributed by atoms with Gasteiger partial charge in [-0.25, -0.2) is 0 Å². The molecule has 1 aromatic rings. The number of hydrogen-bond donors (Lipinski definition) is 2. The van der Waals surface area contributed by atoms with E-state index < -0.39 is 0 Å². The molecule has 0 spiro atoms. The van der Waals surface area contributed by atoms with Crippen molar-refractivity contribution < 1.29 is 14.6 Å². The molecule has 1 amide bonds. The number of halogens is 1. The Bertz CT molecular complexity index is 357. The molecular weight excluding hydrogens is 230 g/mol. The standard InChI is InChI=1S/C11H14ClNO3/c1-8(6-14)13-11(15)7-16-10-5-3-2-4-9(10)12/h2-5,8,14H,6-7H2,1H3,(H,13,15). The quantitative estimate of drug-likeness (QED) is 0.818.